The van der Waals surface area contributed by atoms with Crippen LogP contribution in [-0.4, -0.2) is 51.6 Å². The van der Waals surface area contributed by atoms with Crippen molar-refractivity contribution in [3.63, 3.8) is 0 Å². The first-order valence-corrected chi connectivity index (χ1v) is 4.93. The molecule has 0 saturated carbocycles. The lowest BCUT2D eigenvalue weighted by molar-refractivity contribution is -0.120. The second kappa shape index (κ2) is 7.91. The Morgan fingerprint density at radius 2 is 1.87 bits per heavy atom. The molecule has 0 aliphatic carbocycles. The van der Waals surface area contributed by atoms with E-state index in [4.69, 9.17) is 0 Å². The topological polar surface area (TPSA) is 44.4 Å². The average molecular weight is 238 g/mol. The molecule has 0 bridgehead atoms. The first-order valence-electron chi connectivity index (χ1n) is 4.93. The first-order chi connectivity index (χ1) is 6.37. The second-order valence-corrected chi connectivity index (χ2v) is 4.71. The minimum Gasteiger partial charge on any atom is -0.354 e. The van der Waals surface area contributed by atoms with Gasteiger partial charge in [-0.25, -0.2) is 0 Å². The zero-order valence-corrected chi connectivity index (χ0v) is 11.2. The number of likely N-dealkylation sites (N-methyl/N-ethyl adjacent to an activating group) is 1. The Morgan fingerprint density at radius 3 is 2.27 bits per heavy atom. The summed E-state index contributed by atoms with van der Waals surface area (Å²) >= 11 is 0. The van der Waals surface area contributed by atoms with E-state index >= 15 is 0 Å². The molecular weight excluding hydrogens is 214 g/mol. The normalized spacial score (nSPS) is 11.1. The quantitative estimate of drug-likeness (QED) is 0.700. The summed E-state index contributed by atoms with van der Waals surface area (Å²) in [5.74, 6) is 0.0549. The van der Waals surface area contributed by atoms with Gasteiger partial charge in [-0.1, -0.05) is 13.8 Å². The van der Waals surface area contributed by atoms with Crippen LogP contribution in [0.3, 0.4) is 0 Å². The highest BCUT2D eigenvalue weighted by Gasteiger charge is 2.19. The van der Waals surface area contributed by atoms with Gasteiger partial charge >= 0.3 is 0 Å². The van der Waals surface area contributed by atoms with Crippen molar-refractivity contribution in [2.24, 2.45) is 5.41 Å². The SMILES string of the molecule is CNCC(=O)NCC(C)(C)CN(C)C.Cl. The molecule has 0 aromatic heterocycles. The van der Waals surface area contributed by atoms with Crippen molar-refractivity contribution in [2.75, 3.05) is 40.8 Å². The third-order valence-electron chi connectivity index (χ3n) is 1.85. The maximum Gasteiger partial charge on any atom is 0.233 e. The van der Waals surface area contributed by atoms with Gasteiger partial charge in [-0.3, -0.25) is 4.79 Å². The van der Waals surface area contributed by atoms with Gasteiger partial charge in [-0.15, -0.1) is 12.4 Å². The summed E-state index contributed by atoms with van der Waals surface area (Å²) in [7, 11) is 5.85. The number of rotatable bonds is 6. The molecule has 0 spiro atoms. The van der Waals surface area contributed by atoms with Gasteiger partial charge < -0.3 is 15.5 Å². The maximum atomic E-state index is 11.2. The number of carbonyl (C=O) groups is 1. The summed E-state index contributed by atoms with van der Waals surface area (Å²) in [6.45, 7) is 6.36. The third kappa shape index (κ3) is 9.97. The van der Waals surface area contributed by atoms with Crippen LogP contribution in [0, 0.1) is 5.41 Å². The Balaban J connectivity index is 0. The zero-order chi connectivity index (χ0) is 11.2. The molecule has 0 unspecified atom stereocenters. The van der Waals surface area contributed by atoms with Crippen LogP contribution < -0.4 is 10.6 Å². The van der Waals surface area contributed by atoms with Gasteiger partial charge in [-0.05, 0) is 26.6 Å². The summed E-state index contributed by atoms with van der Waals surface area (Å²) in [6.07, 6.45) is 0. The van der Waals surface area contributed by atoms with Gasteiger partial charge in [-0.2, -0.15) is 0 Å². The summed E-state index contributed by atoms with van der Waals surface area (Å²) < 4.78 is 0. The minimum atomic E-state index is 0. The number of hydrogen-bond donors (Lipinski definition) is 2. The number of amides is 1. The van der Waals surface area contributed by atoms with Crippen molar-refractivity contribution < 1.29 is 4.79 Å². The lowest BCUT2D eigenvalue weighted by atomic mass is 9.93. The number of hydrogen-bond acceptors (Lipinski definition) is 3. The van der Waals surface area contributed by atoms with Crippen molar-refractivity contribution in [1.82, 2.24) is 15.5 Å². The van der Waals surface area contributed by atoms with E-state index in [0.717, 1.165) is 6.54 Å². The van der Waals surface area contributed by atoms with E-state index < -0.39 is 0 Å². The molecule has 0 rings (SSSR count). The predicted octanol–water partition coefficient (Wildman–Crippen LogP) is 0.332. The molecular formula is C10H24ClN3O. The summed E-state index contributed by atoms with van der Waals surface area (Å²) in [5, 5.41) is 5.72. The zero-order valence-electron chi connectivity index (χ0n) is 10.4. The fraction of sp³-hybridized carbons (Fsp3) is 0.900. The third-order valence-corrected chi connectivity index (χ3v) is 1.85. The number of nitrogens with one attached hydrogen (secondary N) is 2. The van der Waals surface area contributed by atoms with Gasteiger partial charge in [0.05, 0.1) is 6.54 Å². The molecule has 2 N–H and O–H groups in total. The Hall–Kier alpha value is -0.320. The molecule has 1 amide bonds. The summed E-state index contributed by atoms with van der Waals surface area (Å²) in [5.41, 5.74) is 0.118. The molecule has 0 aromatic rings. The van der Waals surface area contributed by atoms with E-state index in [0.29, 0.717) is 13.1 Å². The Morgan fingerprint density at radius 1 is 1.33 bits per heavy atom. The smallest absolute Gasteiger partial charge is 0.233 e. The van der Waals surface area contributed by atoms with Crippen LogP contribution in [0.25, 0.3) is 0 Å². The van der Waals surface area contributed by atoms with Crippen LogP contribution in [0.4, 0.5) is 0 Å². The number of halogens is 1. The predicted molar refractivity (Wildman–Crippen MR) is 66.5 cm³/mol. The van der Waals surface area contributed by atoms with E-state index in [1.807, 2.05) is 14.1 Å². The molecule has 0 atom stereocenters. The fourth-order valence-electron chi connectivity index (χ4n) is 1.47. The number of carbonyl (C=O) groups excluding carboxylic acids is 1. The first kappa shape index (κ1) is 17.1. The van der Waals surface area contributed by atoms with Crippen LogP contribution >= 0.6 is 12.4 Å². The second-order valence-electron chi connectivity index (χ2n) is 4.71. The lowest BCUT2D eigenvalue weighted by Gasteiger charge is -2.28. The molecule has 5 heteroatoms. The highest BCUT2D eigenvalue weighted by atomic mass is 35.5. The van der Waals surface area contributed by atoms with E-state index in [2.05, 4.69) is 29.4 Å². The fourth-order valence-corrected chi connectivity index (χ4v) is 1.47. The van der Waals surface area contributed by atoms with Gasteiger partial charge in [0.25, 0.3) is 0 Å². The summed E-state index contributed by atoms with van der Waals surface area (Å²) in [4.78, 5) is 13.3. The van der Waals surface area contributed by atoms with Gasteiger partial charge in [0, 0.05) is 13.1 Å². The summed E-state index contributed by atoms with van der Waals surface area (Å²) in [6, 6.07) is 0. The molecule has 0 radical (unpaired) electrons. The van der Waals surface area contributed by atoms with E-state index in [9.17, 15) is 4.79 Å². The van der Waals surface area contributed by atoms with Crippen LogP contribution in [0.1, 0.15) is 13.8 Å². The molecule has 4 nitrogen and oxygen atoms in total. The molecule has 0 aromatic carbocycles. The van der Waals surface area contributed by atoms with E-state index in [1.165, 1.54) is 0 Å². The largest absolute Gasteiger partial charge is 0.354 e. The van der Waals surface area contributed by atoms with Gasteiger partial charge in [0.15, 0.2) is 0 Å². The van der Waals surface area contributed by atoms with Crippen molar-refractivity contribution in [3.05, 3.63) is 0 Å². The molecule has 0 aliphatic heterocycles. The Labute approximate surface area is 99.2 Å². The van der Waals surface area contributed by atoms with Gasteiger partial charge in [0.1, 0.15) is 0 Å². The highest BCUT2D eigenvalue weighted by molar-refractivity contribution is 5.85. The van der Waals surface area contributed by atoms with Crippen LogP contribution in [0.2, 0.25) is 0 Å². The van der Waals surface area contributed by atoms with Crippen molar-refractivity contribution >= 4 is 18.3 Å². The maximum absolute atomic E-state index is 11.2. The molecule has 0 aliphatic rings. The molecule has 0 heterocycles. The van der Waals surface area contributed by atoms with Crippen molar-refractivity contribution in [3.8, 4) is 0 Å². The van der Waals surface area contributed by atoms with Crippen LogP contribution in [-0.2, 0) is 4.79 Å². The Kier molecular flexibility index (Phi) is 9.01. The molecule has 92 valence electrons. The van der Waals surface area contributed by atoms with Crippen LogP contribution in [0.5, 0.6) is 0 Å². The monoisotopic (exact) mass is 237 g/mol. The van der Waals surface area contributed by atoms with Crippen molar-refractivity contribution in [2.45, 2.75) is 13.8 Å². The average Bonchev–Trinajstić information content (AvgIpc) is 1.99. The van der Waals surface area contributed by atoms with Crippen molar-refractivity contribution in [1.29, 1.82) is 0 Å². The highest BCUT2D eigenvalue weighted by Crippen LogP contribution is 2.13. The molecule has 0 fully saturated rings. The van der Waals surface area contributed by atoms with E-state index in [1.54, 1.807) is 7.05 Å². The minimum absolute atomic E-state index is 0. The standard InChI is InChI=1S/C10H23N3O.ClH/c1-10(2,8-13(4)5)7-12-9(14)6-11-3;/h11H,6-8H2,1-5H3,(H,12,14);1H. The van der Waals surface area contributed by atoms with Crippen LogP contribution in [0.15, 0.2) is 0 Å². The number of nitrogens with zero attached hydrogens (tertiary/aromatic N) is 1. The van der Waals surface area contributed by atoms with Gasteiger partial charge in [0.2, 0.25) is 5.91 Å². The lowest BCUT2D eigenvalue weighted by Crippen LogP contribution is -2.42. The van der Waals surface area contributed by atoms with E-state index in [-0.39, 0.29) is 23.7 Å². The Bertz CT molecular complexity index is 184. The molecule has 0 saturated heterocycles. The molecule has 15 heavy (non-hydrogen) atoms.